The summed E-state index contributed by atoms with van der Waals surface area (Å²) >= 11 is 12.2. The molecule has 3 rings (SSSR count). The zero-order chi connectivity index (χ0) is 19.4. The van der Waals surface area contributed by atoms with Gasteiger partial charge < -0.3 is 19.5 Å². The maximum Gasteiger partial charge on any atom is 0.311 e. The van der Waals surface area contributed by atoms with E-state index in [2.05, 4.69) is 5.32 Å². The minimum atomic E-state index is -0.985. The van der Waals surface area contributed by atoms with Crippen LogP contribution in [-0.4, -0.2) is 31.2 Å². The number of fused-ring (bicyclic) bond motifs is 1. The smallest absolute Gasteiger partial charge is 0.311 e. The lowest BCUT2D eigenvalue weighted by atomic mass is 10.1. The van der Waals surface area contributed by atoms with Crippen molar-refractivity contribution in [3.63, 3.8) is 0 Å². The summed E-state index contributed by atoms with van der Waals surface area (Å²) in [4.78, 5) is 24.4. The Hall–Kier alpha value is -2.44. The van der Waals surface area contributed by atoms with Crippen molar-refractivity contribution in [1.29, 1.82) is 0 Å². The first-order valence-electron chi connectivity index (χ1n) is 8.27. The van der Waals surface area contributed by atoms with Gasteiger partial charge in [-0.1, -0.05) is 35.3 Å². The van der Waals surface area contributed by atoms with Crippen LogP contribution in [0.25, 0.3) is 0 Å². The van der Waals surface area contributed by atoms with Crippen LogP contribution in [0.1, 0.15) is 12.5 Å². The number of halogens is 2. The zero-order valence-electron chi connectivity index (χ0n) is 14.5. The number of para-hydroxylation sites is 1. The summed E-state index contributed by atoms with van der Waals surface area (Å²) in [6.07, 6.45) is -1.04. The third-order valence-corrected chi connectivity index (χ3v) is 4.42. The predicted molar refractivity (Wildman–Crippen MR) is 102 cm³/mol. The summed E-state index contributed by atoms with van der Waals surface area (Å²) in [6, 6.07) is 10.1. The van der Waals surface area contributed by atoms with E-state index in [1.807, 2.05) is 0 Å². The van der Waals surface area contributed by atoms with Gasteiger partial charge in [0.2, 0.25) is 0 Å². The first-order chi connectivity index (χ1) is 12.9. The molecule has 0 bridgehead atoms. The van der Waals surface area contributed by atoms with Crippen molar-refractivity contribution in [2.45, 2.75) is 19.4 Å². The van der Waals surface area contributed by atoms with Crippen LogP contribution in [0.4, 0.5) is 5.69 Å². The van der Waals surface area contributed by atoms with Crippen molar-refractivity contribution < 1.29 is 23.8 Å². The third kappa shape index (κ3) is 4.84. The molecule has 1 aliphatic rings. The number of rotatable bonds is 5. The molecule has 0 radical (unpaired) electrons. The molecule has 0 fully saturated rings. The molecule has 1 heterocycles. The van der Waals surface area contributed by atoms with Gasteiger partial charge in [-0.05, 0) is 36.8 Å². The average Bonchev–Trinajstić information content (AvgIpc) is 2.63. The van der Waals surface area contributed by atoms with E-state index in [1.54, 1.807) is 36.4 Å². The first kappa shape index (κ1) is 19.3. The number of hydrogen-bond donors (Lipinski definition) is 1. The lowest BCUT2D eigenvalue weighted by Gasteiger charge is -2.20. The van der Waals surface area contributed by atoms with Crippen molar-refractivity contribution >= 4 is 40.8 Å². The van der Waals surface area contributed by atoms with Gasteiger partial charge in [-0.2, -0.15) is 0 Å². The second kappa shape index (κ2) is 8.50. The molecule has 0 aliphatic carbocycles. The van der Waals surface area contributed by atoms with Crippen LogP contribution in [0.3, 0.4) is 0 Å². The maximum absolute atomic E-state index is 12.2. The average molecular weight is 410 g/mol. The summed E-state index contributed by atoms with van der Waals surface area (Å²) in [6.45, 7) is 2.32. The molecule has 142 valence electrons. The van der Waals surface area contributed by atoms with E-state index < -0.39 is 18.0 Å². The van der Waals surface area contributed by atoms with E-state index in [-0.39, 0.29) is 6.42 Å². The highest BCUT2D eigenvalue weighted by Gasteiger charge is 2.21. The molecule has 1 unspecified atom stereocenters. The number of esters is 1. The molecule has 6 nitrogen and oxygen atoms in total. The minimum Gasteiger partial charge on any atom is -0.486 e. The molecular formula is C19H17Cl2NO5. The number of hydrogen-bond acceptors (Lipinski definition) is 5. The minimum absolute atomic E-state index is 0.0555. The topological polar surface area (TPSA) is 73.9 Å². The summed E-state index contributed by atoms with van der Waals surface area (Å²) in [5.74, 6) is -0.0882. The third-order valence-electron chi connectivity index (χ3n) is 3.81. The van der Waals surface area contributed by atoms with E-state index in [9.17, 15) is 9.59 Å². The van der Waals surface area contributed by atoms with E-state index in [0.717, 1.165) is 0 Å². The van der Waals surface area contributed by atoms with Gasteiger partial charge in [-0.15, -0.1) is 0 Å². The Morgan fingerprint density at radius 3 is 2.67 bits per heavy atom. The fraction of sp³-hybridized carbons (Fsp3) is 0.263. The van der Waals surface area contributed by atoms with Crippen LogP contribution < -0.4 is 14.8 Å². The number of carbonyl (C=O) groups excluding carboxylic acids is 2. The SMILES string of the molecule is CC(OC(=O)Cc1cc(Cl)c2c(c1)OCCO2)C(=O)Nc1ccccc1Cl. The Kier molecular flexibility index (Phi) is 6.08. The van der Waals surface area contributed by atoms with Crippen molar-refractivity contribution in [2.24, 2.45) is 0 Å². The molecule has 1 aliphatic heterocycles. The zero-order valence-corrected chi connectivity index (χ0v) is 16.0. The molecule has 0 saturated heterocycles. The van der Waals surface area contributed by atoms with Gasteiger partial charge >= 0.3 is 5.97 Å². The molecule has 1 atom stereocenters. The second-order valence-electron chi connectivity index (χ2n) is 5.88. The lowest BCUT2D eigenvalue weighted by Crippen LogP contribution is -2.30. The number of carbonyl (C=O) groups is 2. The van der Waals surface area contributed by atoms with E-state index in [4.69, 9.17) is 37.4 Å². The lowest BCUT2D eigenvalue weighted by molar-refractivity contribution is -0.152. The van der Waals surface area contributed by atoms with Crippen molar-refractivity contribution in [3.8, 4) is 11.5 Å². The molecule has 2 aromatic rings. The summed E-state index contributed by atoms with van der Waals surface area (Å²) in [5.41, 5.74) is 1.05. The van der Waals surface area contributed by atoms with Crippen LogP contribution in [0.15, 0.2) is 36.4 Å². The number of ether oxygens (including phenoxy) is 3. The van der Waals surface area contributed by atoms with Crippen LogP contribution in [-0.2, 0) is 20.7 Å². The monoisotopic (exact) mass is 409 g/mol. The van der Waals surface area contributed by atoms with Crippen LogP contribution in [0.2, 0.25) is 10.0 Å². The molecule has 0 spiro atoms. The molecule has 0 saturated carbocycles. The first-order valence-corrected chi connectivity index (χ1v) is 9.02. The van der Waals surface area contributed by atoms with Gasteiger partial charge in [-0.3, -0.25) is 9.59 Å². The Morgan fingerprint density at radius 1 is 1.15 bits per heavy atom. The van der Waals surface area contributed by atoms with Gasteiger partial charge in [0.1, 0.15) is 13.2 Å². The van der Waals surface area contributed by atoms with E-state index in [0.29, 0.717) is 46.0 Å². The molecular weight excluding hydrogens is 393 g/mol. The van der Waals surface area contributed by atoms with Gasteiger partial charge in [0.05, 0.1) is 22.2 Å². The number of amides is 1. The van der Waals surface area contributed by atoms with Crippen LogP contribution >= 0.6 is 23.2 Å². The van der Waals surface area contributed by atoms with Crippen molar-refractivity contribution in [3.05, 3.63) is 52.0 Å². The fourth-order valence-corrected chi connectivity index (χ4v) is 2.99. The van der Waals surface area contributed by atoms with Crippen LogP contribution in [0, 0.1) is 0 Å². The van der Waals surface area contributed by atoms with E-state index in [1.165, 1.54) is 6.92 Å². The molecule has 2 aromatic carbocycles. The van der Waals surface area contributed by atoms with Gasteiger partial charge in [0.15, 0.2) is 17.6 Å². The molecule has 1 amide bonds. The fourth-order valence-electron chi connectivity index (χ4n) is 2.52. The highest BCUT2D eigenvalue weighted by Crippen LogP contribution is 2.38. The second-order valence-corrected chi connectivity index (χ2v) is 6.69. The molecule has 8 heteroatoms. The number of anilines is 1. The van der Waals surface area contributed by atoms with Gasteiger partial charge in [0.25, 0.3) is 5.91 Å². The highest BCUT2D eigenvalue weighted by molar-refractivity contribution is 6.33. The molecule has 27 heavy (non-hydrogen) atoms. The van der Waals surface area contributed by atoms with Crippen LogP contribution in [0.5, 0.6) is 11.5 Å². The van der Waals surface area contributed by atoms with Crippen molar-refractivity contribution in [2.75, 3.05) is 18.5 Å². The Morgan fingerprint density at radius 2 is 1.89 bits per heavy atom. The maximum atomic E-state index is 12.2. The molecule has 0 aromatic heterocycles. The predicted octanol–water partition coefficient (Wildman–Crippen LogP) is 3.88. The highest BCUT2D eigenvalue weighted by atomic mass is 35.5. The largest absolute Gasteiger partial charge is 0.486 e. The van der Waals surface area contributed by atoms with Crippen molar-refractivity contribution in [1.82, 2.24) is 0 Å². The van der Waals surface area contributed by atoms with E-state index >= 15 is 0 Å². The van der Waals surface area contributed by atoms with Gasteiger partial charge in [-0.25, -0.2) is 0 Å². The Balaban J connectivity index is 1.59. The van der Waals surface area contributed by atoms with Gasteiger partial charge in [0, 0.05) is 0 Å². The summed E-state index contributed by atoms with van der Waals surface area (Å²) in [7, 11) is 0. The standard InChI is InChI=1S/C19H17Cl2NO5/c1-11(19(24)22-15-5-3-2-4-13(15)20)27-17(23)10-12-8-14(21)18-16(9-12)25-6-7-26-18/h2-5,8-9,11H,6-7,10H2,1H3,(H,22,24). The summed E-state index contributed by atoms with van der Waals surface area (Å²) in [5, 5.41) is 3.38. The Bertz CT molecular complexity index is 871. The summed E-state index contributed by atoms with van der Waals surface area (Å²) < 4.78 is 16.1. The number of benzene rings is 2. The Labute approximate surface area is 166 Å². The number of nitrogens with one attached hydrogen (secondary N) is 1. The quantitative estimate of drug-likeness (QED) is 0.758. The normalized spacial score (nSPS) is 13.6. The molecule has 1 N–H and O–H groups in total.